The molecular weight excluding hydrogens is 288 g/mol. The van der Waals surface area contributed by atoms with Gasteiger partial charge >= 0.3 is 0 Å². The van der Waals surface area contributed by atoms with Gasteiger partial charge in [-0.2, -0.15) is 15.4 Å². The number of hydrogen-bond donors (Lipinski definition) is 1. The predicted octanol–water partition coefficient (Wildman–Crippen LogP) is 2.90. The Hall–Kier alpha value is -2.69. The number of aromatic amines is 1. The summed E-state index contributed by atoms with van der Waals surface area (Å²) < 4.78 is 0. The van der Waals surface area contributed by atoms with Crippen molar-refractivity contribution in [2.24, 2.45) is 0 Å². The first kappa shape index (κ1) is 13.9. The number of aryl methyl sites for hydroxylation is 1. The molecule has 1 N–H and O–H groups in total. The molecule has 1 atom stereocenters. The Morgan fingerprint density at radius 1 is 1.22 bits per heavy atom. The van der Waals surface area contributed by atoms with Crippen LogP contribution in [0.5, 0.6) is 0 Å². The van der Waals surface area contributed by atoms with Crippen molar-refractivity contribution in [2.75, 3.05) is 13.1 Å². The van der Waals surface area contributed by atoms with Crippen molar-refractivity contribution in [1.29, 1.82) is 0 Å². The normalized spacial score (nSPS) is 17.8. The van der Waals surface area contributed by atoms with Gasteiger partial charge < -0.3 is 4.90 Å². The van der Waals surface area contributed by atoms with Crippen LogP contribution >= 0.6 is 0 Å². The van der Waals surface area contributed by atoms with Gasteiger partial charge in [0.05, 0.1) is 0 Å². The second-order valence-corrected chi connectivity index (χ2v) is 6.13. The summed E-state index contributed by atoms with van der Waals surface area (Å²) in [4.78, 5) is 14.8. The van der Waals surface area contributed by atoms with Crippen LogP contribution in [0.3, 0.4) is 0 Å². The molecule has 5 heteroatoms. The Morgan fingerprint density at radius 3 is 2.87 bits per heavy atom. The van der Waals surface area contributed by atoms with E-state index < -0.39 is 0 Å². The van der Waals surface area contributed by atoms with Crippen LogP contribution in [0.25, 0.3) is 11.0 Å². The minimum atomic E-state index is 0.0800. The van der Waals surface area contributed by atoms with Gasteiger partial charge in [-0.15, -0.1) is 0 Å². The third kappa shape index (κ3) is 2.48. The molecule has 0 spiro atoms. The van der Waals surface area contributed by atoms with E-state index in [9.17, 15) is 4.79 Å². The van der Waals surface area contributed by atoms with Crippen LogP contribution in [-0.4, -0.2) is 39.3 Å². The first-order chi connectivity index (χ1) is 11.2. The molecule has 0 aliphatic carbocycles. The summed E-state index contributed by atoms with van der Waals surface area (Å²) in [6, 6.07) is 14.2. The summed E-state index contributed by atoms with van der Waals surface area (Å²) in [5.74, 6) is 0.508. The molecule has 0 saturated carbocycles. The molecule has 1 saturated heterocycles. The fourth-order valence-corrected chi connectivity index (χ4v) is 3.37. The number of rotatable bonds is 2. The van der Waals surface area contributed by atoms with E-state index in [0.717, 1.165) is 36.1 Å². The zero-order valence-corrected chi connectivity index (χ0v) is 13.0. The van der Waals surface area contributed by atoms with Gasteiger partial charge in [-0.05, 0) is 36.6 Å². The van der Waals surface area contributed by atoms with Crippen LogP contribution in [0.1, 0.15) is 33.8 Å². The van der Waals surface area contributed by atoms with Crippen molar-refractivity contribution in [1.82, 2.24) is 20.3 Å². The van der Waals surface area contributed by atoms with Gasteiger partial charge in [-0.1, -0.05) is 30.3 Å². The standard InChI is InChI=1S/C18H18N4O/c1-12-9-15(10-16-17(12)20-21-19-16)18(23)22-8-7-14(11-22)13-5-3-2-4-6-13/h2-6,9-10,14H,7-8,11H2,1H3,(H,19,20,21). The lowest BCUT2D eigenvalue weighted by Gasteiger charge is -2.17. The zero-order chi connectivity index (χ0) is 15.8. The average Bonchev–Trinajstić information content (AvgIpc) is 3.24. The third-order valence-corrected chi connectivity index (χ3v) is 4.61. The summed E-state index contributed by atoms with van der Waals surface area (Å²) in [6.07, 6.45) is 1.01. The molecule has 0 radical (unpaired) electrons. The van der Waals surface area contributed by atoms with E-state index >= 15 is 0 Å². The fourth-order valence-electron chi connectivity index (χ4n) is 3.37. The lowest BCUT2D eigenvalue weighted by molar-refractivity contribution is 0.0791. The number of benzene rings is 2. The molecule has 4 rings (SSSR count). The molecule has 5 nitrogen and oxygen atoms in total. The molecule has 1 fully saturated rings. The number of likely N-dealkylation sites (tertiary alicyclic amines) is 1. The highest BCUT2D eigenvalue weighted by molar-refractivity contribution is 5.98. The van der Waals surface area contributed by atoms with Crippen molar-refractivity contribution >= 4 is 16.9 Å². The Bertz CT molecular complexity index is 856. The van der Waals surface area contributed by atoms with Gasteiger partial charge in [0, 0.05) is 24.6 Å². The number of fused-ring (bicyclic) bond motifs is 1. The highest BCUT2D eigenvalue weighted by Gasteiger charge is 2.28. The van der Waals surface area contributed by atoms with Crippen molar-refractivity contribution < 1.29 is 4.79 Å². The van der Waals surface area contributed by atoms with Crippen molar-refractivity contribution in [3.05, 3.63) is 59.2 Å². The first-order valence-electron chi connectivity index (χ1n) is 7.88. The number of amides is 1. The van der Waals surface area contributed by atoms with E-state index in [1.165, 1.54) is 5.56 Å². The van der Waals surface area contributed by atoms with Crippen molar-refractivity contribution in [3.8, 4) is 0 Å². The highest BCUT2D eigenvalue weighted by Crippen LogP contribution is 2.28. The summed E-state index contributed by atoms with van der Waals surface area (Å²) in [5, 5.41) is 10.8. The molecule has 1 aromatic heterocycles. The number of hydrogen-bond acceptors (Lipinski definition) is 3. The van der Waals surface area contributed by atoms with Gasteiger partial charge in [-0.3, -0.25) is 4.79 Å². The summed E-state index contributed by atoms with van der Waals surface area (Å²) in [7, 11) is 0. The van der Waals surface area contributed by atoms with Crippen LogP contribution < -0.4 is 0 Å². The van der Waals surface area contributed by atoms with Crippen molar-refractivity contribution in [2.45, 2.75) is 19.3 Å². The Labute approximate surface area is 134 Å². The molecule has 1 amide bonds. The minimum Gasteiger partial charge on any atom is -0.338 e. The maximum absolute atomic E-state index is 12.8. The molecule has 116 valence electrons. The molecule has 1 aliphatic heterocycles. The number of nitrogens with one attached hydrogen (secondary N) is 1. The Balaban J connectivity index is 1.57. The van der Waals surface area contributed by atoms with Crippen LogP contribution in [0.2, 0.25) is 0 Å². The van der Waals surface area contributed by atoms with Crippen LogP contribution in [0.15, 0.2) is 42.5 Å². The van der Waals surface area contributed by atoms with E-state index in [-0.39, 0.29) is 5.91 Å². The highest BCUT2D eigenvalue weighted by atomic mass is 16.2. The molecule has 2 heterocycles. The molecule has 1 aliphatic rings. The molecular formula is C18H18N4O. The molecule has 0 bridgehead atoms. The number of nitrogens with zero attached hydrogens (tertiary/aromatic N) is 3. The topological polar surface area (TPSA) is 61.9 Å². The SMILES string of the molecule is Cc1cc(C(=O)N2CCC(c3ccccc3)C2)cc2n[nH]nc12. The zero-order valence-electron chi connectivity index (χ0n) is 13.0. The molecule has 23 heavy (non-hydrogen) atoms. The Morgan fingerprint density at radius 2 is 2.04 bits per heavy atom. The van der Waals surface area contributed by atoms with Gasteiger partial charge in [0.15, 0.2) is 0 Å². The van der Waals surface area contributed by atoms with Gasteiger partial charge in [0.2, 0.25) is 0 Å². The largest absolute Gasteiger partial charge is 0.338 e. The maximum Gasteiger partial charge on any atom is 0.253 e. The average molecular weight is 306 g/mol. The second-order valence-electron chi connectivity index (χ2n) is 6.13. The van der Waals surface area contributed by atoms with Crippen LogP contribution in [0.4, 0.5) is 0 Å². The number of carbonyl (C=O) groups excluding carboxylic acids is 1. The van der Waals surface area contributed by atoms with Gasteiger partial charge in [-0.25, -0.2) is 0 Å². The lowest BCUT2D eigenvalue weighted by atomic mass is 9.99. The first-order valence-corrected chi connectivity index (χ1v) is 7.88. The van der Waals surface area contributed by atoms with Gasteiger partial charge in [0.1, 0.15) is 11.0 Å². The van der Waals surface area contributed by atoms with E-state index in [0.29, 0.717) is 11.5 Å². The summed E-state index contributed by atoms with van der Waals surface area (Å²) in [5.41, 5.74) is 4.54. The second kappa shape index (κ2) is 5.50. The van der Waals surface area contributed by atoms with Gasteiger partial charge in [0.25, 0.3) is 5.91 Å². The minimum absolute atomic E-state index is 0.0800. The van der Waals surface area contributed by atoms with E-state index in [4.69, 9.17) is 0 Å². The predicted molar refractivity (Wildman–Crippen MR) is 88.3 cm³/mol. The molecule has 1 unspecified atom stereocenters. The quantitative estimate of drug-likeness (QED) is 0.792. The summed E-state index contributed by atoms with van der Waals surface area (Å²) >= 11 is 0. The monoisotopic (exact) mass is 306 g/mol. The molecule has 3 aromatic rings. The van der Waals surface area contributed by atoms with E-state index in [2.05, 4.69) is 39.7 Å². The van der Waals surface area contributed by atoms with Crippen LogP contribution in [-0.2, 0) is 0 Å². The lowest BCUT2D eigenvalue weighted by Crippen LogP contribution is -2.28. The number of aromatic nitrogens is 3. The van der Waals surface area contributed by atoms with Crippen LogP contribution in [0, 0.1) is 6.92 Å². The summed E-state index contributed by atoms with van der Waals surface area (Å²) in [6.45, 7) is 3.53. The van der Waals surface area contributed by atoms with E-state index in [1.54, 1.807) is 0 Å². The third-order valence-electron chi connectivity index (χ3n) is 4.61. The smallest absolute Gasteiger partial charge is 0.253 e. The molecule has 2 aromatic carbocycles. The maximum atomic E-state index is 12.8. The number of H-pyrrole nitrogens is 1. The Kier molecular flexibility index (Phi) is 3.33. The fraction of sp³-hybridized carbons (Fsp3) is 0.278. The van der Waals surface area contributed by atoms with Crippen molar-refractivity contribution in [3.63, 3.8) is 0 Å². The van der Waals surface area contributed by atoms with E-state index in [1.807, 2.05) is 30.0 Å². The number of carbonyl (C=O) groups is 1.